The Balaban J connectivity index is 2.50. The molecule has 0 radical (unpaired) electrons. The summed E-state index contributed by atoms with van der Waals surface area (Å²) >= 11 is 0. The fraction of sp³-hybridized carbons (Fsp3) is 0.636. The molecule has 0 aromatic carbocycles. The highest BCUT2D eigenvalue weighted by atomic mass is 16.5. The third-order valence-corrected chi connectivity index (χ3v) is 1.81. The summed E-state index contributed by atoms with van der Waals surface area (Å²) in [5.74, 6) is 0.611. The van der Waals surface area contributed by atoms with Crippen LogP contribution in [0.4, 0.5) is 0 Å². The van der Waals surface area contributed by atoms with Crippen molar-refractivity contribution in [2.75, 3.05) is 6.61 Å². The number of nitrogens with one attached hydrogen (secondary N) is 1. The van der Waals surface area contributed by atoms with Gasteiger partial charge in [-0.1, -0.05) is 20.8 Å². The molecule has 0 aliphatic heterocycles. The molecule has 84 valence electrons. The maximum Gasteiger partial charge on any atom is 0.232 e. The monoisotopic (exact) mass is 209 g/mol. The number of hydrogen-bond acceptors (Lipinski definition) is 4. The van der Waals surface area contributed by atoms with Gasteiger partial charge in [0, 0.05) is 18.8 Å². The van der Waals surface area contributed by atoms with Crippen molar-refractivity contribution in [3.63, 3.8) is 0 Å². The lowest BCUT2D eigenvalue weighted by Crippen LogP contribution is -2.22. The second-order valence-corrected chi connectivity index (χ2v) is 3.73. The van der Waals surface area contributed by atoms with Gasteiger partial charge < -0.3 is 10.1 Å². The van der Waals surface area contributed by atoms with Gasteiger partial charge in [-0.2, -0.15) is 0 Å². The molecule has 15 heavy (non-hydrogen) atoms. The first kappa shape index (κ1) is 11.9. The molecule has 1 aromatic rings. The second kappa shape index (κ2) is 6.35. The van der Waals surface area contributed by atoms with Crippen LogP contribution in [0.15, 0.2) is 12.4 Å². The smallest absolute Gasteiger partial charge is 0.232 e. The molecule has 4 nitrogen and oxygen atoms in total. The molecule has 1 aromatic heterocycles. The van der Waals surface area contributed by atoms with Gasteiger partial charge in [-0.05, 0) is 6.42 Å². The van der Waals surface area contributed by atoms with Crippen LogP contribution >= 0.6 is 0 Å². The lowest BCUT2D eigenvalue weighted by Gasteiger charge is -2.08. The molecule has 1 heterocycles. The van der Waals surface area contributed by atoms with Crippen LogP contribution in [-0.2, 0) is 6.54 Å². The zero-order chi connectivity index (χ0) is 11.1. The van der Waals surface area contributed by atoms with Crippen molar-refractivity contribution in [3.05, 3.63) is 18.1 Å². The van der Waals surface area contributed by atoms with Crippen LogP contribution in [0.25, 0.3) is 0 Å². The zero-order valence-electron chi connectivity index (χ0n) is 9.66. The first-order chi connectivity index (χ1) is 7.22. The summed E-state index contributed by atoms with van der Waals surface area (Å²) in [5, 5.41) is 3.29. The average molecular weight is 209 g/mol. The van der Waals surface area contributed by atoms with E-state index in [1.807, 2.05) is 0 Å². The van der Waals surface area contributed by atoms with Gasteiger partial charge >= 0.3 is 0 Å². The Hall–Kier alpha value is -1.16. The molecule has 0 spiro atoms. The predicted molar refractivity (Wildman–Crippen MR) is 59.8 cm³/mol. The lowest BCUT2D eigenvalue weighted by molar-refractivity contribution is 0.302. The molecule has 0 atom stereocenters. The lowest BCUT2D eigenvalue weighted by atomic mass is 10.3. The van der Waals surface area contributed by atoms with Crippen molar-refractivity contribution < 1.29 is 4.74 Å². The molecule has 0 amide bonds. The van der Waals surface area contributed by atoms with Crippen LogP contribution in [0.3, 0.4) is 0 Å². The standard InChI is InChI=1S/C11H19N3O/c1-4-5-15-11-8-12-6-10(14-11)7-13-9(2)3/h6,8-9,13H,4-5,7H2,1-3H3. The van der Waals surface area contributed by atoms with Gasteiger partial charge in [0.2, 0.25) is 5.88 Å². The predicted octanol–water partition coefficient (Wildman–Crippen LogP) is 1.76. The third kappa shape index (κ3) is 4.74. The number of ether oxygens (including phenoxy) is 1. The minimum Gasteiger partial charge on any atom is -0.477 e. The normalized spacial score (nSPS) is 10.7. The number of hydrogen-bond donors (Lipinski definition) is 1. The first-order valence-electron chi connectivity index (χ1n) is 5.39. The molecule has 0 aliphatic carbocycles. The van der Waals surface area contributed by atoms with E-state index in [-0.39, 0.29) is 0 Å². The largest absolute Gasteiger partial charge is 0.477 e. The summed E-state index contributed by atoms with van der Waals surface area (Å²) in [7, 11) is 0. The van der Waals surface area contributed by atoms with Crippen molar-refractivity contribution in [2.24, 2.45) is 0 Å². The van der Waals surface area contributed by atoms with Gasteiger partial charge in [0.15, 0.2) is 0 Å². The Morgan fingerprint density at radius 3 is 2.87 bits per heavy atom. The summed E-state index contributed by atoms with van der Waals surface area (Å²) in [5.41, 5.74) is 0.914. The number of aromatic nitrogens is 2. The Bertz CT molecular complexity index is 289. The zero-order valence-corrected chi connectivity index (χ0v) is 9.66. The van der Waals surface area contributed by atoms with Crippen molar-refractivity contribution in [1.82, 2.24) is 15.3 Å². The quantitative estimate of drug-likeness (QED) is 0.775. The fourth-order valence-electron chi connectivity index (χ4n) is 1.06. The minimum absolute atomic E-state index is 0.451. The van der Waals surface area contributed by atoms with Gasteiger partial charge in [0.1, 0.15) is 0 Å². The molecular weight excluding hydrogens is 190 g/mol. The van der Waals surface area contributed by atoms with E-state index < -0.39 is 0 Å². The molecule has 1 rings (SSSR count). The fourth-order valence-corrected chi connectivity index (χ4v) is 1.06. The highest BCUT2D eigenvalue weighted by Crippen LogP contribution is 2.05. The topological polar surface area (TPSA) is 47.0 Å². The van der Waals surface area contributed by atoms with Crippen LogP contribution in [0.5, 0.6) is 5.88 Å². The van der Waals surface area contributed by atoms with Crippen LogP contribution in [-0.4, -0.2) is 22.6 Å². The Morgan fingerprint density at radius 1 is 1.40 bits per heavy atom. The number of nitrogens with zero attached hydrogens (tertiary/aromatic N) is 2. The highest BCUT2D eigenvalue weighted by molar-refractivity contribution is 5.08. The summed E-state index contributed by atoms with van der Waals surface area (Å²) < 4.78 is 5.40. The van der Waals surface area contributed by atoms with Crippen molar-refractivity contribution in [1.29, 1.82) is 0 Å². The summed E-state index contributed by atoms with van der Waals surface area (Å²) in [6.07, 6.45) is 4.39. The molecule has 0 fully saturated rings. The van der Waals surface area contributed by atoms with E-state index in [1.165, 1.54) is 0 Å². The maximum absolute atomic E-state index is 5.40. The van der Waals surface area contributed by atoms with Crippen molar-refractivity contribution >= 4 is 0 Å². The summed E-state index contributed by atoms with van der Waals surface area (Å²) in [6, 6.07) is 0.451. The van der Waals surface area contributed by atoms with Gasteiger partial charge in [0.25, 0.3) is 0 Å². The van der Waals surface area contributed by atoms with E-state index in [9.17, 15) is 0 Å². The molecule has 0 bridgehead atoms. The van der Waals surface area contributed by atoms with Crippen LogP contribution in [0, 0.1) is 0 Å². The summed E-state index contributed by atoms with van der Waals surface area (Å²) in [6.45, 7) is 7.69. The van der Waals surface area contributed by atoms with E-state index in [0.29, 0.717) is 18.5 Å². The minimum atomic E-state index is 0.451. The van der Waals surface area contributed by atoms with Crippen molar-refractivity contribution in [3.8, 4) is 5.88 Å². The maximum atomic E-state index is 5.40. The molecule has 1 N–H and O–H groups in total. The number of rotatable bonds is 6. The van der Waals surface area contributed by atoms with Crippen LogP contribution in [0.1, 0.15) is 32.9 Å². The molecule has 0 unspecified atom stereocenters. The van der Waals surface area contributed by atoms with Gasteiger partial charge in [-0.3, -0.25) is 4.98 Å². The SMILES string of the molecule is CCCOc1cncc(CNC(C)C)n1. The van der Waals surface area contributed by atoms with E-state index in [0.717, 1.165) is 18.7 Å². The van der Waals surface area contributed by atoms with Gasteiger partial charge in [0.05, 0.1) is 18.5 Å². The Kier molecular flexibility index (Phi) is 5.04. The highest BCUT2D eigenvalue weighted by Gasteiger charge is 2.00. The van der Waals surface area contributed by atoms with E-state index >= 15 is 0 Å². The van der Waals surface area contributed by atoms with Crippen LogP contribution < -0.4 is 10.1 Å². The summed E-state index contributed by atoms with van der Waals surface area (Å²) in [4.78, 5) is 8.42. The van der Waals surface area contributed by atoms with Crippen LogP contribution in [0.2, 0.25) is 0 Å². The van der Waals surface area contributed by atoms with E-state index in [2.05, 4.69) is 36.1 Å². The molecule has 0 aliphatic rings. The second-order valence-electron chi connectivity index (χ2n) is 3.73. The molecule has 0 saturated carbocycles. The average Bonchev–Trinajstić information content (AvgIpc) is 2.24. The van der Waals surface area contributed by atoms with Crippen molar-refractivity contribution in [2.45, 2.75) is 39.8 Å². The Labute approximate surface area is 91.1 Å². The van der Waals surface area contributed by atoms with E-state index in [4.69, 9.17) is 4.74 Å². The molecule has 4 heteroatoms. The van der Waals surface area contributed by atoms with E-state index in [1.54, 1.807) is 12.4 Å². The Morgan fingerprint density at radius 2 is 2.20 bits per heavy atom. The van der Waals surface area contributed by atoms with Gasteiger partial charge in [-0.25, -0.2) is 4.98 Å². The molecular formula is C11H19N3O. The first-order valence-corrected chi connectivity index (χ1v) is 5.39. The third-order valence-electron chi connectivity index (χ3n) is 1.81. The van der Waals surface area contributed by atoms with Gasteiger partial charge in [-0.15, -0.1) is 0 Å². The molecule has 0 saturated heterocycles.